The van der Waals surface area contributed by atoms with Gasteiger partial charge in [0.1, 0.15) is 0 Å². The van der Waals surface area contributed by atoms with E-state index in [2.05, 4.69) is 44.3 Å². The van der Waals surface area contributed by atoms with E-state index in [9.17, 15) is 0 Å². The number of unbranched alkanes of at least 4 members (excludes halogenated alkanes) is 4. The number of benzene rings is 1. The first-order valence-electron chi connectivity index (χ1n) is 7.66. The highest BCUT2D eigenvalue weighted by Gasteiger charge is 1.98. The monoisotopic (exact) mass is 247 g/mol. The molecule has 18 heavy (non-hydrogen) atoms. The van der Waals surface area contributed by atoms with Gasteiger partial charge in [0.25, 0.3) is 0 Å². The number of nitrogens with one attached hydrogen (secondary N) is 1. The van der Waals surface area contributed by atoms with E-state index in [4.69, 9.17) is 0 Å². The lowest BCUT2D eigenvalue weighted by molar-refractivity contribution is 0.645. The van der Waals surface area contributed by atoms with Crippen LogP contribution in [0.4, 0.5) is 5.69 Å². The molecule has 0 heterocycles. The predicted octanol–water partition coefficient (Wildman–Crippen LogP) is 5.19. The van der Waals surface area contributed by atoms with Crippen LogP contribution in [0.1, 0.15) is 64.0 Å². The van der Waals surface area contributed by atoms with E-state index in [0.717, 1.165) is 19.4 Å². The van der Waals surface area contributed by atoms with Gasteiger partial charge in [-0.25, -0.2) is 0 Å². The summed E-state index contributed by atoms with van der Waals surface area (Å²) in [5.74, 6) is 0. The lowest BCUT2D eigenvalue weighted by Gasteiger charge is -2.10. The molecule has 0 unspecified atom stereocenters. The molecule has 1 rings (SSSR count). The van der Waals surface area contributed by atoms with Crippen molar-refractivity contribution >= 4 is 5.69 Å². The maximum Gasteiger partial charge on any atom is 0.0345 e. The van der Waals surface area contributed by atoms with Crippen LogP contribution in [0.25, 0.3) is 0 Å². The lowest BCUT2D eigenvalue weighted by Crippen LogP contribution is -2.02. The van der Waals surface area contributed by atoms with Crippen LogP contribution in [0.3, 0.4) is 0 Å². The Morgan fingerprint density at radius 3 is 1.94 bits per heavy atom. The first-order chi connectivity index (χ1) is 8.80. The molecule has 1 nitrogen and oxygen atoms in total. The van der Waals surface area contributed by atoms with Crippen LogP contribution >= 0.6 is 0 Å². The summed E-state index contributed by atoms with van der Waals surface area (Å²) in [4.78, 5) is 0. The summed E-state index contributed by atoms with van der Waals surface area (Å²) in [6.45, 7) is 7.83. The third kappa shape index (κ3) is 5.57. The maximum absolute atomic E-state index is 3.57. The Hall–Kier alpha value is -0.980. The fourth-order valence-electron chi connectivity index (χ4n) is 2.23. The maximum atomic E-state index is 3.57. The second-order valence-corrected chi connectivity index (χ2v) is 5.09. The van der Waals surface area contributed by atoms with E-state index >= 15 is 0 Å². The van der Waals surface area contributed by atoms with Gasteiger partial charge < -0.3 is 5.32 Å². The van der Waals surface area contributed by atoms with Crippen molar-refractivity contribution in [1.82, 2.24) is 0 Å². The Morgan fingerprint density at radius 1 is 0.778 bits per heavy atom. The third-order valence-corrected chi connectivity index (χ3v) is 3.48. The predicted molar refractivity (Wildman–Crippen MR) is 82.4 cm³/mol. The zero-order valence-electron chi connectivity index (χ0n) is 12.4. The Bertz CT molecular complexity index is 308. The van der Waals surface area contributed by atoms with Crippen molar-refractivity contribution in [2.75, 3.05) is 11.9 Å². The third-order valence-electron chi connectivity index (χ3n) is 3.48. The van der Waals surface area contributed by atoms with E-state index in [1.54, 1.807) is 0 Å². The van der Waals surface area contributed by atoms with Crippen molar-refractivity contribution in [1.29, 1.82) is 0 Å². The van der Waals surface area contributed by atoms with Crippen LogP contribution in [0.15, 0.2) is 18.2 Å². The molecular weight excluding hydrogens is 218 g/mol. The molecule has 0 atom stereocenters. The molecule has 102 valence electrons. The van der Waals surface area contributed by atoms with Crippen LogP contribution < -0.4 is 5.32 Å². The number of aryl methyl sites for hydroxylation is 2. The summed E-state index contributed by atoms with van der Waals surface area (Å²) in [5, 5.41) is 3.57. The molecule has 0 saturated carbocycles. The van der Waals surface area contributed by atoms with Gasteiger partial charge in [-0.1, -0.05) is 52.5 Å². The quantitative estimate of drug-likeness (QED) is 0.592. The fraction of sp³-hybridized carbons (Fsp3) is 0.647. The van der Waals surface area contributed by atoms with Crippen molar-refractivity contribution in [2.45, 2.75) is 65.7 Å². The molecule has 1 heteroatoms. The van der Waals surface area contributed by atoms with Crippen molar-refractivity contribution in [3.05, 3.63) is 29.3 Å². The van der Waals surface area contributed by atoms with Crippen molar-refractivity contribution in [3.63, 3.8) is 0 Å². The number of hydrogen-bond acceptors (Lipinski definition) is 1. The number of rotatable bonds is 9. The van der Waals surface area contributed by atoms with Crippen LogP contribution in [0, 0.1) is 0 Å². The van der Waals surface area contributed by atoms with Gasteiger partial charge in [0.05, 0.1) is 0 Å². The van der Waals surface area contributed by atoms with Gasteiger partial charge in [0.2, 0.25) is 0 Å². The van der Waals surface area contributed by atoms with Crippen LogP contribution in [0.5, 0.6) is 0 Å². The molecule has 0 aliphatic carbocycles. The highest BCUT2D eigenvalue weighted by Crippen LogP contribution is 2.16. The molecule has 1 N–H and O–H groups in total. The van der Waals surface area contributed by atoms with E-state index in [1.807, 2.05) is 0 Å². The zero-order valence-corrected chi connectivity index (χ0v) is 12.4. The second-order valence-electron chi connectivity index (χ2n) is 5.09. The van der Waals surface area contributed by atoms with Gasteiger partial charge in [-0.3, -0.25) is 0 Å². The Labute approximate surface area is 113 Å². The van der Waals surface area contributed by atoms with Crippen LogP contribution in [-0.4, -0.2) is 6.54 Å². The number of hydrogen-bond donors (Lipinski definition) is 1. The number of anilines is 1. The van der Waals surface area contributed by atoms with Gasteiger partial charge in [-0.2, -0.15) is 0 Å². The SMILES string of the molecule is CCCCCCCNc1cc(CC)cc(CC)c1. The fourth-order valence-corrected chi connectivity index (χ4v) is 2.23. The normalized spacial score (nSPS) is 10.6. The second kappa shape index (κ2) is 9.02. The Balaban J connectivity index is 2.36. The molecule has 0 aromatic heterocycles. The standard InChI is InChI=1S/C17H29N/c1-4-7-8-9-10-11-18-17-13-15(5-2)12-16(6-3)14-17/h12-14,18H,4-11H2,1-3H3. The molecule has 0 spiro atoms. The Morgan fingerprint density at radius 2 is 1.39 bits per heavy atom. The molecule has 0 aliphatic rings. The molecule has 0 fully saturated rings. The summed E-state index contributed by atoms with van der Waals surface area (Å²) in [6, 6.07) is 6.92. The van der Waals surface area contributed by atoms with Gasteiger partial charge in [0, 0.05) is 12.2 Å². The molecule has 0 amide bonds. The van der Waals surface area contributed by atoms with Gasteiger partial charge in [-0.05, 0) is 42.5 Å². The summed E-state index contributed by atoms with van der Waals surface area (Å²) < 4.78 is 0. The highest BCUT2D eigenvalue weighted by molar-refractivity contribution is 5.49. The molecule has 0 bridgehead atoms. The smallest absolute Gasteiger partial charge is 0.0345 e. The zero-order chi connectivity index (χ0) is 13.2. The largest absolute Gasteiger partial charge is 0.385 e. The van der Waals surface area contributed by atoms with Crippen LogP contribution in [-0.2, 0) is 12.8 Å². The molecule has 1 aromatic carbocycles. The minimum Gasteiger partial charge on any atom is -0.385 e. The van der Waals surface area contributed by atoms with E-state index in [1.165, 1.54) is 48.9 Å². The minimum absolute atomic E-state index is 1.11. The van der Waals surface area contributed by atoms with Gasteiger partial charge in [0.15, 0.2) is 0 Å². The lowest BCUT2D eigenvalue weighted by atomic mass is 10.1. The summed E-state index contributed by atoms with van der Waals surface area (Å²) >= 11 is 0. The average Bonchev–Trinajstić information content (AvgIpc) is 2.42. The van der Waals surface area contributed by atoms with Crippen LogP contribution in [0.2, 0.25) is 0 Å². The van der Waals surface area contributed by atoms with Gasteiger partial charge in [-0.15, -0.1) is 0 Å². The summed E-state index contributed by atoms with van der Waals surface area (Å²) in [5.41, 5.74) is 4.20. The molecular formula is C17H29N. The first-order valence-corrected chi connectivity index (χ1v) is 7.66. The van der Waals surface area contributed by atoms with Crippen molar-refractivity contribution in [3.8, 4) is 0 Å². The molecule has 0 aliphatic heterocycles. The Kier molecular flexibility index (Phi) is 7.55. The van der Waals surface area contributed by atoms with E-state index < -0.39 is 0 Å². The summed E-state index contributed by atoms with van der Waals surface area (Å²) in [6.07, 6.45) is 8.98. The molecule has 0 radical (unpaired) electrons. The van der Waals surface area contributed by atoms with Crippen molar-refractivity contribution < 1.29 is 0 Å². The van der Waals surface area contributed by atoms with E-state index in [-0.39, 0.29) is 0 Å². The summed E-state index contributed by atoms with van der Waals surface area (Å²) in [7, 11) is 0. The van der Waals surface area contributed by atoms with Gasteiger partial charge >= 0.3 is 0 Å². The highest BCUT2D eigenvalue weighted by atomic mass is 14.9. The first kappa shape index (κ1) is 15.1. The topological polar surface area (TPSA) is 12.0 Å². The minimum atomic E-state index is 1.11. The van der Waals surface area contributed by atoms with Crippen molar-refractivity contribution in [2.24, 2.45) is 0 Å². The molecule has 1 aromatic rings. The average molecular weight is 247 g/mol. The van der Waals surface area contributed by atoms with E-state index in [0.29, 0.717) is 0 Å². The molecule has 0 saturated heterocycles.